The van der Waals surface area contributed by atoms with Crippen LogP contribution in [0.1, 0.15) is 23.6 Å². The number of hydrogen-bond acceptors (Lipinski definition) is 3. The van der Waals surface area contributed by atoms with Gasteiger partial charge in [0, 0.05) is 29.2 Å². The summed E-state index contributed by atoms with van der Waals surface area (Å²) in [7, 11) is 1.62. The van der Waals surface area contributed by atoms with E-state index in [9.17, 15) is 4.79 Å². The molecule has 1 heterocycles. The summed E-state index contributed by atoms with van der Waals surface area (Å²) < 4.78 is 6.05. The van der Waals surface area contributed by atoms with Crippen molar-refractivity contribution in [1.82, 2.24) is 0 Å². The number of carbonyl (C=O) groups is 1. The van der Waals surface area contributed by atoms with Crippen molar-refractivity contribution in [3.63, 3.8) is 0 Å². The fraction of sp³-hybridized carbons (Fsp3) is 0.278. The van der Waals surface area contributed by atoms with Crippen molar-refractivity contribution in [2.75, 3.05) is 18.6 Å². The lowest BCUT2D eigenvalue weighted by Crippen LogP contribution is -2.31. The molecule has 3 rings (SSSR count). The molecule has 4 nitrogen and oxygen atoms in total. The molecule has 0 saturated carbocycles. The molecule has 0 aliphatic carbocycles. The van der Waals surface area contributed by atoms with E-state index in [4.69, 9.17) is 10.5 Å². The largest absolute Gasteiger partial charge is 0.497 e. The standard InChI is InChI=1S/C18H19BrN2O2/c1-23-13-6-7-14(15(19)10-13)16(20)11-18(22)21-9-8-12-4-2-3-5-17(12)21/h2-7,10,16H,8-9,11,20H2,1H3. The maximum absolute atomic E-state index is 12.6. The monoisotopic (exact) mass is 374 g/mol. The van der Waals surface area contributed by atoms with Crippen LogP contribution in [0, 0.1) is 0 Å². The number of nitrogens with two attached hydrogens (primary N) is 1. The van der Waals surface area contributed by atoms with Gasteiger partial charge in [-0.15, -0.1) is 0 Å². The Labute approximate surface area is 144 Å². The number of benzene rings is 2. The van der Waals surface area contributed by atoms with Crippen LogP contribution in [0.25, 0.3) is 0 Å². The fourth-order valence-corrected chi connectivity index (χ4v) is 3.59. The predicted molar refractivity (Wildman–Crippen MR) is 94.7 cm³/mol. The van der Waals surface area contributed by atoms with Crippen molar-refractivity contribution in [1.29, 1.82) is 0 Å². The summed E-state index contributed by atoms with van der Waals surface area (Å²) in [6.07, 6.45) is 1.18. The van der Waals surface area contributed by atoms with Gasteiger partial charge in [-0.2, -0.15) is 0 Å². The van der Waals surface area contributed by atoms with Crippen LogP contribution in [0.2, 0.25) is 0 Å². The summed E-state index contributed by atoms with van der Waals surface area (Å²) in [6, 6.07) is 13.3. The average Bonchev–Trinajstić information content (AvgIpc) is 2.98. The second-order valence-electron chi connectivity index (χ2n) is 5.62. The maximum Gasteiger partial charge on any atom is 0.228 e. The summed E-state index contributed by atoms with van der Waals surface area (Å²) in [5, 5.41) is 0. The Morgan fingerprint density at radius 1 is 1.35 bits per heavy atom. The number of methoxy groups -OCH3 is 1. The van der Waals surface area contributed by atoms with Crippen molar-refractivity contribution < 1.29 is 9.53 Å². The normalized spacial score (nSPS) is 14.5. The molecule has 1 amide bonds. The van der Waals surface area contributed by atoms with Crippen molar-refractivity contribution >= 4 is 27.5 Å². The summed E-state index contributed by atoms with van der Waals surface area (Å²) in [4.78, 5) is 14.5. The minimum Gasteiger partial charge on any atom is -0.497 e. The lowest BCUT2D eigenvalue weighted by Gasteiger charge is -2.20. The molecule has 23 heavy (non-hydrogen) atoms. The van der Waals surface area contributed by atoms with E-state index in [1.807, 2.05) is 41.3 Å². The fourth-order valence-electron chi connectivity index (χ4n) is 2.94. The minimum atomic E-state index is -0.351. The smallest absolute Gasteiger partial charge is 0.228 e. The molecule has 5 heteroatoms. The number of amides is 1. The highest BCUT2D eigenvalue weighted by molar-refractivity contribution is 9.10. The molecule has 0 bridgehead atoms. The molecule has 0 aromatic heterocycles. The molecule has 1 unspecified atom stereocenters. The highest BCUT2D eigenvalue weighted by Gasteiger charge is 2.26. The van der Waals surface area contributed by atoms with Crippen LogP contribution in [0.5, 0.6) is 5.75 Å². The Balaban J connectivity index is 1.73. The Bertz CT molecular complexity index is 733. The number of rotatable bonds is 4. The summed E-state index contributed by atoms with van der Waals surface area (Å²) in [5.41, 5.74) is 9.40. The van der Waals surface area contributed by atoms with E-state index in [0.29, 0.717) is 0 Å². The third-order valence-electron chi connectivity index (χ3n) is 4.19. The van der Waals surface area contributed by atoms with E-state index in [-0.39, 0.29) is 18.4 Å². The van der Waals surface area contributed by atoms with E-state index in [2.05, 4.69) is 22.0 Å². The molecule has 2 N–H and O–H groups in total. The third-order valence-corrected chi connectivity index (χ3v) is 4.88. The molecule has 2 aromatic rings. The third kappa shape index (κ3) is 3.26. The first-order valence-corrected chi connectivity index (χ1v) is 8.36. The zero-order chi connectivity index (χ0) is 16.4. The number of hydrogen-bond donors (Lipinski definition) is 1. The van der Waals surface area contributed by atoms with E-state index in [1.54, 1.807) is 7.11 Å². The lowest BCUT2D eigenvalue weighted by molar-refractivity contribution is -0.118. The Kier molecular flexibility index (Phi) is 4.68. The maximum atomic E-state index is 12.6. The van der Waals surface area contributed by atoms with Gasteiger partial charge in [-0.1, -0.05) is 40.2 Å². The van der Waals surface area contributed by atoms with Gasteiger partial charge in [0.2, 0.25) is 5.91 Å². The van der Waals surface area contributed by atoms with Gasteiger partial charge < -0.3 is 15.4 Å². The Hall–Kier alpha value is -1.85. The summed E-state index contributed by atoms with van der Waals surface area (Å²) in [6.45, 7) is 0.731. The molecule has 0 radical (unpaired) electrons. The Morgan fingerprint density at radius 3 is 2.87 bits per heavy atom. The van der Waals surface area contributed by atoms with Crippen LogP contribution in [-0.2, 0) is 11.2 Å². The van der Waals surface area contributed by atoms with E-state index in [0.717, 1.165) is 34.4 Å². The molecule has 1 atom stereocenters. The number of carbonyl (C=O) groups excluding carboxylic acids is 1. The zero-order valence-corrected chi connectivity index (χ0v) is 14.5. The quantitative estimate of drug-likeness (QED) is 0.891. The van der Waals surface area contributed by atoms with Gasteiger partial charge in [-0.25, -0.2) is 0 Å². The van der Waals surface area contributed by atoms with Crippen LogP contribution in [0.15, 0.2) is 46.9 Å². The Morgan fingerprint density at radius 2 is 2.13 bits per heavy atom. The van der Waals surface area contributed by atoms with Crippen molar-refractivity contribution in [3.8, 4) is 5.75 Å². The van der Waals surface area contributed by atoms with Gasteiger partial charge in [-0.05, 0) is 35.7 Å². The molecular formula is C18H19BrN2O2. The molecule has 0 saturated heterocycles. The molecule has 1 aliphatic heterocycles. The second kappa shape index (κ2) is 6.72. The molecular weight excluding hydrogens is 356 g/mol. The van der Waals surface area contributed by atoms with Crippen LogP contribution >= 0.6 is 15.9 Å². The number of fused-ring (bicyclic) bond motifs is 1. The number of halogens is 1. The average molecular weight is 375 g/mol. The van der Waals surface area contributed by atoms with Gasteiger partial charge in [0.1, 0.15) is 5.75 Å². The number of ether oxygens (including phenoxy) is 1. The van der Waals surface area contributed by atoms with Crippen LogP contribution in [0.3, 0.4) is 0 Å². The van der Waals surface area contributed by atoms with Crippen molar-refractivity contribution in [2.24, 2.45) is 5.73 Å². The van der Waals surface area contributed by atoms with Gasteiger partial charge in [-0.3, -0.25) is 4.79 Å². The first kappa shape index (κ1) is 16.0. The lowest BCUT2D eigenvalue weighted by atomic mass is 10.0. The van der Waals surface area contributed by atoms with Gasteiger partial charge in [0.05, 0.1) is 7.11 Å². The van der Waals surface area contributed by atoms with Gasteiger partial charge in [0.15, 0.2) is 0 Å². The van der Waals surface area contributed by atoms with Crippen LogP contribution in [0.4, 0.5) is 5.69 Å². The minimum absolute atomic E-state index is 0.0603. The summed E-state index contributed by atoms with van der Waals surface area (Å²) >= 11 is 3.50. The molecule has 0 fully saturated rings. The van der Waals surface area contributed by atoms with E-state index >= 15 is 0 Å². The second-order valence-corrected chi connectivity index (χ2v) is 6.48. The number of nitrogens with zero attached hydrogens (tertiary/aromatic N) is 1. The first-order valence-electron chi connectivity index (χ1n) is 7.57. The van der Waals surface area contributed by atoms with Crippen molar-refractivity contribution in [3.05, 3.63) is 58.1 Å². The topological polar surface area (TPSA) is 55.6 Å². The van der Waals surface area contributed by atoms with E-state index < -0.39 is 0 Å². The summed E-state index contributed by atoms with van der Waals surface area (Å²) in [5.74, 6) is 0.817. The number of para-hydroxylation sites is 1. The van der Waals surface area contributed by atoms with Crippen LogP contribution < -0.4 is 15.4 Å². The molecule has 120 valence electrons. The molecule has 1 aliphatic rings. The molecule has 0 spiro atoms. The van der Waals surface area contributed by atoms with Crippen LogP contribution in [-0.4, -0.2) is 19.6 Å². The van der Waals surface area contributed by atoms with Crippen molar-refractivity contribution in [2.45, 2.75) is 18.9 Å². The predicted octanol–water partition coefficient (Wildman–Crippen LogP) is 3.44. The van der Waals surface area contributed by atoms with Gasteiger partial charge >= 0.3 is 0 Å². The highest BCUT2D eigenvalue weighted by Crippen LogP contribution is 2.31. The van der Waals surface area contributed by atoms with Gasteiger partial charge in [0.25, 0.3) is 0 Å². The zero-order valence-electron chi connectivity index (χ0n) is 13.0. The first-order chi connectivity index (χ1) is 11.1. The number of anilines is 1. The highest BCUT2D eigenvalue weighted by atomic mass is 79.9. The SMILES string of the molecule is COc1ccc(C(N)CC(=O)N2CCc3ccccc32)c(Br)c1. The molecule has 2 aromatic carbocycles. The van der Waals surface area contributed by atoms with E-state index in [1.165, 1.54) is 5.56 Å².